The highest BCUT2D eigenvalue weighted by atomic mass is 79.9. The minimum Gasteiger partial charge on any atom is -0.506 e. The first-order valence-corrected chi connectivity index (χ1v) is 10.1. The molecule has 0 atom stereocenters. The largest absolute Gasteiger partial charge is 0.506 e. The third-order valence-corrected chi connectivity index (χ3v) is 5.77. The zero-order valence-electron chi connectivity index (χ0n) is 14.4. The highest BCUT2D eigenvalue weighted by Crippen LogP contribution is 2.37. The fourth-order valence-electron chi connectivity index (χ4n) is 3.07. The van der Waals surface area contributed by atoms with Crippen LogP contribution in [-0.4, -0.2) is 5.11 Å². The van der Waals surface area contributed by atoms with Gasteiger partial charge in [-0.2, -0.15) is 0 Å². The average molecular weight is 480 g/mol. The van der Waals surface area contributed by atoms with Crippen LogP contribution in [0.25, 0.3) is 33.4 Å². The number of phenolic OH excluding ortho intramolecular Hbond substituents is 1. The van der Waals surface area contributed by atoms with Gasteiger partial charge in [0.25, 0.3) is 0 Å². The molecule has 0 saturated heterocycles. The van der Waals surface area contributed by atoms with E-state index in [1.807, 2.05) is 18.2 Å². The molecule has 4 aromatic carbocycles. The molecule has 4 rings (SSSR count). The van der Waals surface area contributed by atoms with Gasteiger partial charge in [-0.15, -0.1) is 0 Å². The van der Waals surface area contributed by atoms with Crippen molar-refractivity contribution in [2.75, 3.05) is 0 Å². The molecule has 1 N–H and O–H groups in total. The number of rotatable bonds is 3. The van der Waals surface area contributed by atoms with Gasteiger partial charge in [-0.3, -0.25) is 0 Å². The van der Waals surface area contributed by atoms with E-state index in [1.54, 1.807) is 0 Å². The number of halogens is 2. The molecule has 0 radical (unpaired) electrons. The van der Waals surface area contributed by atoms with Gasteiger partial charge in [-0.05, 0) is 77.4 Å². The number of hydrogen-bond acceptors (Lipinski definition) is 1. The lowest BCUT2D eigenvalue weighted by atomic mass is 9.98. The molecule has 0 aliphatic carbocycles. The number of aromatic hydroxyl groups is 1. The molecule has 4 aromatic rings. The fourth-order valence-corrected chi connectivity index (χ4v) is 4.26. The van der Waals surface area contributed by atoms with E-state index in [9.17, 15) is 5.11 Å². The molecule has 0 saturated carbocycles. The molecular weight excluding hydrogens is 464 g/mol. The quantitative estimate of drug-likeness (QED) is 0.316. The van der Waals surface area contributed by atoms with Crippen LogP contribution in [0.5, 0.6) is 5.75 Å². The van der Waals surface area contributed by atoms with Crippen LogP contribution >= 0.6 is 31.9 Å². The van der Waals surface area contributed by atoms with Crippen molar-refractivity contribution < 1.29 is 5.11 Å². The predicted molar refractivity (Wildman–Crippen MR) is 120 cm³/mol. The van der Waals surface area contributed by atoms with Gasteiger partial charge in [-0.1, -0.05) is 78.9 Å². The summed E-state index contributed by atoms with van der Waals surface area (Å²) in [7, 11) is 0. The maximum absolute atomic E-state index is 9.88. The van der Waals surface area contributed by atoms with Crippen LogP contribution in [0.4, 0.5) is 0 Å². The van der Waals surface area contributed by atoms with Crippen molar-refractivity contribution in [2.24, 2.45) is 0 Å². The first kappa shape index (κ1) is 18.0. The third kappa shape index (κ3) is 3.85. The van der Waals surface area contributed by atoms with Crippen molar-refractivity contribution in [1.29, 1.82) is 0 Å². The van der Waals surface area contributed by atoms with E-state index >= 15 is 0 Å². The SMILES string of the molecule is Oc1c(Br)cc(-c2ccc(-c3ccc(-c4ccccc4)cc3)cc2)cc1Br. The van der Waals surface area contributed by atoms with Crippen LogP contribution in [0.15, 0.2) is 99.9 Å². The Kier molecular flexibility index (Phi) is 5.15. The number of benzene rings is 4. The Labute approximate surface area is 175 Å². The molecule has 0 aromatic heterocycles. The molecule has 0 spiro atoms. The summed E-state index contributed by atoms with van der Waals surface area (Å²) >= 11 is 6.78. The molecule has 0 aliphatic rings. The lowest BCUT2D eigenvalue weighted by Crippen LogP contribution is -1.83. The molecule has 0 amide bonds. The van der Waals surface area contributed by atoms with E-state index in [-0.39, 0.29) is 5.75 Å². The second-order valence-electron chi connectivity index (χ2n) is 6.31. The van der Waals surface area contributed by atoms with Gasteiger partial charge >= 0.3 is 0 Å². The summed E-state index contributed by atoms with van der Waals surface area (Å²) in [5, 5.41) is 9.88. The highest BCUT2D eigenvalue weighted by molar-refractivity contribution is 9.11. The van der Waals surface area contributed by atoms with Crippen molar-refractivity contribution in [2.45, 2.75) is 0 Å². The zero-order valence-corrected chi connectivity index (χ0v) is 17.5. The van der Waals surface area contributed by atoms with E-state index in [1.165, 1.54) is 22.3 Å². The molecule has 1 nitrogen and oxygen atoms in total. The van der Waals surface area contributed by atoms with Crippen LogP contribution < -0.4 is 0 Å². The van der Waals surface area contributed by atoms with Gasteiger partial charge in [0.1, 0.15) is 5.75 Å². The highest BCUT2D eigenvalue weighted by Gasteiger charge is 2.08. The maximum atomic E-state index is 9.88. The first-order chi connectivity index (χ1) is 13.1. The first-order valence-electron chi connectivity index (χ1n) is 8.56. The molecule has 0 unspecified atom stereocenters. The zero-order chi connectivity index (χ0) is 18.8. The van der Waals surface area contributed by atoms with Gasteiger partial charge in [0.15, 0.2) is 0 Å². The van der Waals surface area contributed by atoms with Crippen molar-refractivity contribution in [3.8, 4) is 39.1 Å². The summed E-state index contributed by atoms with van der Waals surface area (Å²) in [6, 6.07) is 31.3. The summed E-state index contributed by atoms with van der Waals surface area (Å²) in [5.41, 5.74) is 6.95. The van der Waals surface area contributed by atoms with E-state index in [4.69, 9.17) is 0 Å². The van der Waals surface area contributed by atoms with Gasteiger partial charge in [0, 0.05) is 0 Å². The second kappa shape index (κ2) is 7.71. The van der Waals surface area contributed by atoms with Crippen LogP contribution in [0, 0.1) is 0 Å². The summed E-state index contributed by atoms with van der Waals surface area (Å²) in [4.78, 5) is 0. The maximum Gasteiger partial charge on any atom is 0.143 e. The van der Waals surface area contributed by atoms with E-state index < -0.39 is 0 Å². The Balaban J connectivity index is 1.61. The predicted octanol–water partition coefficient (Wildman–Crippen LogP) is 7.92. The average Bonchev–Trinajstić information content (AvgIpc) is 2.72. The van der Waals surface area contributed by atoms with E-state index in [0.29, 0.717) is 8.95 Å². The molecule has 0 aliphatic heterocycles. The number of hydrogen-bond donors (Lipinski definition) is 1. The Morgan fingerprint density at radius 3 is 1.19 bits per heavy atom. The molecule has 0 fully saturated rings. The van der Waals surface area contributed by atoms with Crippen molar-refractivity contribution in [3.63, 3.8) is 0 Å². The van der Waals surface area contributed by atoms with Crippen LogP contribution in [-0.2, 0) is 0 Å². The Hall–Kier alpha value is -2.36. The van der Waals surface area contributed by atoms with E-state index in [0.717, 1.165) is 11.1 Å². The minimum atomic E-state index is 0.217. The van der Waals surface area contributed by atoms with Crippen molar-refractivity contribution >= 4 is 31.9 Å². The van der Waals surface area contributed by atoms with Crippen LogP contribution in [0.2, 0.25) is 0 Å². The molecular formula is C24H16Br2O. The smallest absolute Gasteiger partial charge is 0.143 e. The normalized spacial score (nSPS) is 10.7. The lowest BCUT2D eigenvalue weighted by Gasteiger charge is -2.09. The third-order valence-electron chi connectivity index (χ3n) is 4.56. The Morgan fingerprint density at radius 1 is 0.444 bits per heavy atom. The van der Waals surface area contributed by atoms with Crippen molar-refractivity contribution in [3.05, 3.63) is 99.9 Å². The lowest BCUT2D eigenvalue weighted by molar-refractivity contribution is 0.468. The molecule has 0 heterocycles. The van der Waals surface area contributed by atoms with Gasteiger partial charge in [0.2, 0.25) is 0 Å². The molecule has 0 bridgehead atoms. The van der Waals surface area contributed by atoms with E-state index in [2.05, 4.69) is 105 Å². The fraction of sp³-hybridized carbons (Fsp3) is 0. The van der Waals surface area contributed by atoms with Crippen molar-refractivity contribution in [1.82, 2.24) is 0 Å². The van der Waals surface area contributed by atoms with Crippen LogP contribution in [0.1, 0.15) is 0 Å². The standard InChI is InChI=1S/C24H16Br2O/c25-22-14-21(15-23(26)24(22)27)20-12-10-19(11-13-20)18-8-6-17(7-9-18)16-4-2-1-3-5-16/h1-15,27H. The summed E-state index contributed by atoms with van der Waals surface area (Å²) in [6.07, 6.45) is 0. The minimum absolute atomic E-state index is 0.217. The second-order valence-corrected chi connectivity index (χ2v) is 8.02. The Morgan fingerprint density at radius 2 is 0.778 bits per heavy atom. The summed E-state index contributed by atoms with van der Waals surface area (Å²) in [6.45, 7) is 0. The molecule has 132 valence electrons. The topological polar surface area (TPSA) is 20.2 Å². The van der Waals surface area contributed by atoms with Gasteiger partial charge in [0.05, 0.1) is 8.95 Å². The number of phenols is 1. The summed E-state index contributed by atoms with van der Waals surface area (Å²) < 4.78 is 1.35. The Bertz CT molecular complexity index is 1050. The molecule has 3 heteroatoms. The monoisotopic (exact) mass is 478 g/mol. The van der Waals surface area contributed by atoms with Gasteiger partial charge in [-0.25, -0.2) is 0 Å². The molecule has 27 heavy (non-hydrogen) atoms. The van der Waals surface area contributed by atoms with Crippen LogP contribution in [0.3, 0.4) is 0 Å². The van der Waals surface area contributed by atoms with Gasteiger partial charge < -0.3 is 5.11 Å². The summed E-state index contributed by atoms with van der Waals surface area (Å²) in [5.74, 6) is 0.217.